The minimum atomic E-state index is 0.510. The fourth-order valence-corrected chi connectivity index (χ4v) is 1.98. The molecule has 0 aromatic heterocycles. The first-order valence-corrected chi connectivity index (χ1v) is 6.22. The molecule has 0 saturated heterocycles. The van der Waals surface area contributed by atoms with E-state index in [4.69, 9.17) is 11.6 Å². The molecule has 0 aliphatic carbocycles. The molecule has 1 aliphatic heterocycles. The second kappa shape index (κ2) is 5.32. The quantitative estimate of drug-likeness (QED) is 0.788. The summed E-state index contributed by atoms with van der Waals surface area (Å²) in [7, 11) is 2.08. The van der Waals surface area contributed by atoms with Gasteiger partial charge < -0.3 is 15.5 Å². The van der Waals surface area contributed by atoms with Crippen molar-refractivity contribution in [2.45, 2.75) is 13.0 Å². The van der Waals surface area contributed by atoms with Crippen molar-refractivity contribution in [2.24, 2.45) is 0 Å². The molecule has 2 N–H and O–H groups in total. The van der Waals surface area contributed by atoms with E-state index in [1.807, 2.05) is 24.3 Å². The van der Waals surface area contributed by atoms with Crippen molar-refractivity contribution in [3.8, 4) is 0 Å². The van der Waals surface area contributed by atoms with Crippen LogP contribution in [0.25, 0.3) is 0 Å². The lowest BCUT2D eigenvalue weighted by Crippen LogP contribution is -2.43. The summed E-state index contributed by atoms with van der Waals surface area (Å²) in [5.41, 5.74) is 2.29. The van der Waals surface area contributed by atoms with Gasteiger partial charge in [-0.05, 0) is 19.1 Å². The van der Waals surface area contributed by atoms with Crippen molar-refractivity contribution in [3.05, 3.63) is 41.2 Å². The second-order valence-corrected chi connectivity index (χ2v) is 4.67. The molecule has 0 saturated carbocycles. The second-order valence-electron chi connectivity index (χ2n) is 4.26. The van der Waals surface area contributed by atoms with Gasteiger partial charge in [0.05, 0.1) is 16.8 Å². The first kappa shape index (κ1) is 12.1. The largest absolute Gasteiger partial charge is 0.384 e. The van der Waals surface area contributed by atoms with Gasteiger partial charge >= 0.3 is 0 Å². The maximum Gasteiger partial charge on any atom is 0.0666 e. The molecule has 4 heteroatoms. The van der Waals surface area contributed by atoms with Gasteiger partial charge in [0.2, 0.25) is 0 Å². The number of benzene rings is 1. The van der Waals surface area contributed by atoms with Gasteiger partial charge in [-0.15, -0.1) is 0 Å². The first-order valence-electron chi connectivity index (χ1n) is 5.84. The zero-order valence-corrected chi connectivity index (χ0v) is 11.0. The Morgan fingerprint density at radius 1 is 1.24 bits per heavy atom. The van der Waals surface area contributed by atoms with Crippen molar-refractivity contribution in [3.63, 3.8) is 0 Å². The highest BCUT2D eigenvalue weighted by Crippen LogP contribution is 2.20. The van der Waals surface area contributed by atoms with E-state index in [0.717, 1.165) is 23.8 Å². The van der Waals surface area contributed by atoms with Gasteiger partial charge in [-0.3, -0.25) is 0 Å². The smallest absolute Gasteiger partial charge is 0.0666 e. The minimum absolute atomic E-state index is 0.510. The molecule has 1 aromatic carbocycles. The highest BCUT2D eigenvalue weighted by molar-refractivity contribution is 6.33. The monoisotopic (exact) mass is 251 g/mol. The fourth-order valence-electron chi connectivity index (χ4n) is 1.78. The summed E-state index contributed by atoms with van der Waals surface area (Å²) in [5, 5.41) is 7.48. The Hall–Kier alpha value is -1.35. The van der Waals surface area contributed by atoms with Crippen LogP contribution in [-0.4, -0.2) is 31.1 Å². The molecular formula is C13H18ClN3. The SMILES string of the molecule is CC1C(NCCNc2ccccc2Cl)=CN1C. The number of hydrogen-bond donors (Lipinski definition) is 2. The molecule has 3 nitrogen and oxygen atoms in total. The molecule has 1 aromatic rings. The van der Waals surface area contributed by atoms with Crippen molar-refractivity contribution in [1.82, 2.24) is 10.2 Å². The Morgan fingerprint density at radius 3 is 2.59 bits per heavy atom. The maximum atomic E-state index is 6.05. The standard InChI is InChI=1S/C13H18ClN3/c1-10-13(9-17(10)2)16-8-7-15-12-6-4-3-5-11(12)14/h3-6,9-10,15-16H,7-8H2,1-2H3. The summed E-state index contributed by atoms with van der Waals surface area (Å²) in [4.78, 5) is 2.18. The molecule has 1 atom stereocenters. The van der Waals surface area contributed by atoms with E-state index >= 15 is 0 Å². The Labute approximate surface area is 107 Å². The van der Waals surface area contributed by atoms with Crippen LogP contribution in [0.4, 0.5) is 5.69 Å². The van der Waals surface area contributed by atoms with Gasteiger partial charge in [-0.1, -0.05) is 23.7 Å². The molecule has 1 aliphatic rings. The third-order valence-electron chi connectivity index (χ3n) is 3.05. The predicted molar refractivity (Wildman–Crippen MR) is 73.3 cm³/mol. The minimum Gasteiger partial charge on any atom is -0.384 e. The van der Waals surface area contributed by atoms with Crippen molar-refractivity contribution in [2.75, 3.05) is 25.5 Å². The van der Waals surface area contributed by atoms with Crippen LogP contribution in [-0.2, 0) is 0 Å². The first-order chi connectivity index (χ1) is 8.18. The fraction of sp³-hybridized carbons (Fsp3) is 0.385. The van der Waals surface area contributed by atoms with Crippen LogP contribution in [0.1, 0.15) is 6.92 Å². The molecular weight excluding hydrogens is 234 g/mol. The topological polar surface area (TPSA) is 27.3 Å². The van der Waals surface area contributed by atoms with Crippen molar-refractivity contribution >= 4 is 17.3 Å². The zero-order valence-electron chi connectivity index (χ0n) is 10.2. The van der Waals surface area contributed by atoms with Crippen LogP contribution in [0.3, 0.4) is 0 Å². The van der Waals surface area contributed by atoms with E-state index in [1.165, 1.54) is 5.70 Å². The van der Waals surface area contributed by atoms with E-state index in [0.29, 0.717) is 6.04 Å². The lowest BCUT2D eigenvalue weighted by atomic mass is 10.1. The van der Waals surface area contributed by atoms with E-state index < -0.39 is 0 Å². The van der Waals surface area contributed by atoms with E-state index in [9.17, 15) is 0 Å². The summed E-state index contributed by atoms with van der Waals surface area (Å²) in [6.45, 7) is 3.94. The summed E-state index contributed by atoms with van der Waals surface area (Å²) >= 11 is 6.05. The van der Waals surface area contributed by atoms with Crippen LogP contribution < -0.4 is 10.6 Å². The average molecular weight is 252 g/mol. The van der Waals surface area contributed by atoms with Gasteiger partial charge in [0.1, 0.15) is 0 Å². The van der Waals surface area contributed by atoms with E-state index in [-0.39, 0.29) is 0 Å². The number of halogens is 1. The normalized spacial score (nSPS) is 18.4. The average Bonchev–Trinajstić information content (AvgIpc) is 2.34. The number of rotatable bonds is 5. The van der Waals surface area contributed by atoms with Crippen LogP contribution in [0.15, 0.2) is 36.2 Å². The number of anilines is 1. The molecule has 2 rings (SSSR count). The van der Waals surface area contributed by atoms with Gasteiger partial charge in [0.15, 0.2) is 0 Å². The molecule has 1 unspecified atom stereocenters. The molecule has 0 fully saturated rings. The molecule has 1 heterocycles. The Morgan fingerprint density at radius 2 is 1.94 bits per heavy atom. The van der Waals surface area contributed by atoms with Gasteiger partial charge in [-0.25, -0.2) is 0 Å². The Kier molecular flexibility index (Phi) is 3.79. The number of nitrogens with zero attached hydrogens (tertiary/aromatic N) is 1. The molecule has 0 radical (unpaired) electrons. The number of hydrogen-bond acceptors (Lipinski definition) is 3. The number of nitrogens with one attached hydrogen (secondary N) is 2. The highest BCUT2D eigenvalue weighted by atomic mass is 35.5. The predicted octanol–water partition coefficient (Wildman–Crippen LogP) is 2.52. The lowest BCUT2D eigenvalue weighted by molar-refractivity contribution is 0.312. The summed E-state index contributed by atoms with van der Waals surface area (Å²) in [5.74, 6) is 0. The highest BCUT2D eigenvalue weighted by Gasteiger charge is 2.20. The van der Waals surface area contributed by atoms with Crippen molar-refractivity contribution in [1.29, 1.82) is 0 Å². The third kappa shape index (κ3) is 2.86. The van der Waals surface area contributed by atoms with Crippen LogP contribution in [0.2, 0.25) is 5.02 Å². The molecule has 92 valence electrons. The van der Waals surface area contributed by atoms with Gasteiger partial charge in [0.25, 0.3) is 0 Å². The van der Waals surface area contributed by atoms with Gasteiger partial charge in [-0.2, -0.15) is 0 Å². The van der Waals surface area contributed by atoms with Crippen LogP contribution in [0, 0.1) is 0 Å². The van der Waals surface area contributed by atoms with E-state index in [2.05, 4.69) is 35.7 Å². The Bertz CT molecular complexity index is 417. The Balaban J connectivity index is 1.71. The summed E-state index contributed by atoms with van der Waals surface area (Å²) in [6, 6.07) is 8.30. The van der Waals surface area contributed by atoms with Crippen LogP contribution >= 0.6 is 11.6 Å². The molecule has 0 spiro atoms. The third-order valence-corrected chi connectivity index (χ3v) is 3.38. The molecule has 0 amide bonds. The lowest BCUT2D eigenvalue weighted by Gasteiger charge is -2.36. The van der Waals surface area contributed by atoms with E-state index in [1.54, 1.807) is 0 Å². The number of likely N-dealkylation sites (N-methyl/N-ethyl adjacent to an activating group) is 1. The maximum absolute atomic E-state index is 6.05. The molecule has 0 bridgehead atoms. The number of para-hydroxylation sites is 1. The summed E-state index contributed by atoms with van der Waals surface area (Å²) in [6.07, 6.45) is 2.13. The zero-order chi connectivity index (χ0) is 12.3. The molecule has 17 heavy (non-hydrogen) atoms. The van der Waals surface area contributed by atoms with Crippen molar-refractivity contribution < 1.29 is 0 Å². The van der Waals surface area contributed by atoms with Crippen LogP contribution in [0.5, 0.6) is 0 Å². The summed E-state index contributed by atoms with van der Waals surface area (Å²) < 4.78 is 0. The van der Waals surface area contributed by atoms with Gasteiger partial charge in [0, 0.05) is 32.0 Å².